The van der Waals surface area contributed by atoms with E-state index in [1.54, 1.807) is 30.3 Å². The molecule has 0 spiro atoms. The number of aromatic nitrogens is 4. The average molecular weight is 1250 g/mol. The number of carbonyl (C=O) groups excluding carboxylic acids is 4. The van der Waals surface area contributed by atoms with Gasteiger partial charge in [0.15, 0.2) is 0 Å². The molecule has 10 rings (SSSR count). The molecule has 2 N–H and O–H groups in total. The second-order valence-corrected chi connectivity index (χ2v) is 26.1. The molecule has 0 bridgehead atoms. The molecule has 0 radical (unpaired) electrons. The van der Waals surface area contributed by atoms with Crippen molar-refractivity contribution in [3.8, 4) is 22.3 Å². The van der Waals surface area contributed by atoms with Gasteiger partial charge in [-0.1, -0.05) is 197 Å². The van der Waals surface area contributed by atoms with Gasteiger partial charge in [0.05, 0.1) is 11.1 Å². The summed E-state index contributed by atoms with van der Waals surface area (Å²) in [6.45, 7) is 6.01. The number of halogens is 3. The Kier molecular flexibility index (Phi) is 24.7. The number of pyridine rings is 2. The third kappa shape index (κ3) is 18.9. The predicted octanol–water partition coefficient (Wildman–Crippen LogP) is 17.4. The number of aryl methyl sites for hydroxylation is 2. The van der Waals surface area contributed by atoms with Gasteiger partial charge in [0.2, 0.25) is 15.6 Å². The molecule has 2 saturated carbocycles. The summed E-state index contributed by atoms with van der Waals surface area (Å²) in [5, 5.41) is 8.74. The van der Waals surface area contributed by atoms with Crippen LogP contribution in [0.5, 0.6) is 0 Å². The van der Waals surface area contributed by atoms with Crippen molar-refractivity contribution in [2.24, 2.45) is 23.7 Å². The fraction of sp³-hybridized carbons (Fsp3) is 0.397. The minimum absolute atomic E-state index is 0.0151. The number of nitrogens with one attached hydrogen (secondary N) is 2. The maximum absolute atomic E-state index is 13.6. The van der Waals surface area contributed by atoms with Gasteiger partial charge < -0.3 is 29.2 Å². The lowest BCUT2D eigenvalue weighted by molar-refractivity contribution is -0.128. The first-order valence-electron chi connectivity index (χ1n) is 31.7. The zero-order chi connectivity index (χ0) is 61.5. The van der Waals surface area contributed by atoms with Crippen LogP contribution in [0.2, 0.25) is 0 Å². The van der Waals surface area contributed by atoms with Crippen molar-refractivity contribution in [2.75, 3.05) is 13.2 Å². The summed E-state index contributed by atoms with van der Waals surface area (Å²) in [4.78, 5) is 61.0. The number of ether oxygens (including phenoxy) is 2. The Hall–Kier alpha value is -7.25. The van der Waals surface area contributed by atoms with Crippen LogP contribution in [0.1, 0.15) is 147 Å². The third-order valence-electron chi connectivity index (χ3n) is 17.4. The van der Waals surface area contributed by atoms with E-state index in [-0.39, 0.29) is 42.8 Å². The summed E-state index contributed by atoms with van der Waals surface area (Å²) in [6, 6.07) is 43.4. The standard InChI is InChI=1S/C37H43N3O3.C36H40Cl3N3O3/c1-2-25-43-37(42)31-21-19-28(20-22-31)26-39-36(41)32(29-13-6-3-4-7-14-29)17-10-11-24-40-27-34(30-15-8-5-9-16-30)33-18-12-23-38-35(33)40;37-36(38,39)25-45-35(44)29-19-17-26(18-20-29)23-41-34(43)30(27-11-4-1-2-5-12-27)15-8-9-22-42-24-32(28-13-6-3-7-14-28)31-16-10-21-40-33(31)42/h2,5,8-9,12,15-16,18-23,27,29,32H,1,3-4,6-7,10-11,13-14,17,24-26H2,(H,39,41);3,6-7,10,13-14,16-21,24,27,30H,1-2,4-5,8-9,11-12,15,22-23,25H2,(H,41,43). The molecule has 462 valence electrons. The van der Waals surface area contributed by atoms with Crippen LogP contribution in [-0.2, 0) is 45.2 Å². The molecule has 8 aromatic rings. The van der Waals surface area contributed by atoms with E-state index in [1.807, 2.05) is 60.9 Å². The topological polar surface area (TPSA) is 146 Å². The number of benzene rings is 4. The summed E-state index contributed by atoms with van der Waals surface area (Å²) in [7, 11) is 0. The number of hydrogen-bond donors (Lipinski definition) is 2. The Morgan fingerprint density at radius 3 is 1.34 bits per heavy atom. The first kappa shape index (κ1) is 65.2. The van der Waals surface area contributed by atoms with E-state index < -0.39 is 9.76 Å². The van der Waals surface area contributed by atoms with Gasteiger partial charge in [-0.25, -0.2) is 19.6 Å². The summed E-state index contributed by atoms with van der Waals surface area (Å²) >= 11 is 17.0. The fourth-order valence-electron chi connectivity index (χ4n) is 12.8. The maximum Gasteiger partial charge on any atom is 0.338 e. The van der Waals surface area contributed by atoms with Gasteiger partial charge in [-0.3, -0.25) is 9.59 Å². The molecule has 2 aliphatic rings. The molecule has 12 nitrogen and oxygen atoms in total. The highest BCUT2D eigenvalue weighted by Gasteiger charge is 2.30. The third-order valence-corrected chi connectivity index (χ3v) is 17.7. The Labute approximate surface area is 533 Å². The monoisotopic (exact) mass is 1240 g/mol. The van der Waals surface area contributed by atoms with Gasteiger partial charge in [-0.2, -0.15) is 0 Å². The normalized spacial score (nSPS) is 14.8. The number of rotatable bonds is 25. The lowest BCUT2D eigenvalue weighted by Gasteiger charge is -2.25. The molecule has 15 heteroatoms. The minimum atomic E-state index is -1.66. The van der Waals surface area contributed by atoms with Crippen LogP contribution in [-0.4, -0.2) is 59.9 Å². The number of amides is 2. The number of esters is 2. The summed E-state index contributed by atoms with van der Waals surface area (Å²) < 4.78 is 13.0. The molecular formula is C73H83Cl3N6O6. The molecule has 4 aromatic heterocycles. The molecule has 2 amide bonds. The summed E-state index contributed by atoms with van der Waals surface area (Å²) in [6.07, 6.45) is 29.7. The molecular weight excluding hydrogens is 1160 g/mol. The second kappa shape index (κ2) is 33.4. The molecule has 4 heterocycles. The second-order valence-electron chi connectivity index (χ2n) is 23.6. The fourth-order valence-corrected chi connectivity index (χ4v) is 12.9. The highest BCUT2D eigenvalue weighted by atomic mass is 35.6. The van der Waals surface area contributed by atoms with Crippen molar-refractivity contribution in [1.82, 2.24) is 29.7 Å². The molecule has 0 aliphatic heterocycles. The van der Waals surface area contributed by atoms with E-state index in [0.717, 1.165) is 105 Å². The van der Waals surface area contributed by atoms with Crippen LogP contribution in [0.4, 0.5) is 0 Å². The van der Waals surface area contributed by atoms with Gasteiger partial charge in [0, 0.05) is 84.7 Å². The van der Waals surface area contributed by atoms with Crippen LogP contribution in [0, 0.1) is 23.7 Å². The Bertz CT molecular complexity index is 3490. The number of alkyl halides is 3. The highest BCUT2D eigenvalue weighted by molar-refractivity contribution is 6.67. The first-order valence-corrected chi connectivity index (χ1v) is 32.8. The van der Waals surface area contributed by atoms with Crippen LogP contribution in [0.15, 0.2) is 171 Å². The van der Waals surface area contributed by atoms with Crippen molar-refractivity contribution in [1.29, 1.82) is 0 Å². The van der Waals surface area contributed by atoms with Gasteiger partial charge in [-0.05, 0) is 134 Å². The van der Waals surface area contributed by atoms with E-state index in [9.17, 15) is 19.2 Å². The Balaban J connectivity index is 0.000000210. The quantitative estimate of drug-likeness (QED) is 0.0189. The van der Waals surface area contributed by atoms with Crippen molar-refractivity contribution in [3.05, 3.63) is 193 Å². The Morgan fingerprint density at radius 2 is 0.943 bits per heavy atom. The van der Waals surface area contributed by atoms with E-state index in [4.69, 9.17) is 54.2 Å². The summed E-state index contributed by atoms with van der Waals surface area (Å²) in [5.41, 5.74) is 9.53. The maximum atomic E-state index is 13.6. The SMILES string of the molecule is C=CCOC(=O)c1ccc(CNC(=O)C(CCCCn2cc(-c3ccccc3)c3cccnc32)C2CCCCCC2)cc1.O=C(OCC(Cl)(Cl)Cl)c1ccc(CNC(=O)C(CCCCn2cc(-c3ccccc3)c3cccnc32)C2CCCCCC2)cc1. The van der Waals surface area contributed by atoms with E-state index in [0.29, 0.717) is 36.1 Å². The van der Waals surface area contributed by atoms with Gasteiger partial charge in [0.1, 0.15) is 24.5 Å². The van der Waals surface area contributed by atoms with Gasteiger partial charge in [-0.15, -0.1) is 0 Å². The van der Waals surface area contributed by atoms with Crippen LogP contribution < -0.4 is 10.6 Å². The zero-order valence-electron chi connectivity index (χ0n) is 50.4. The molecule has 88 heavy (non-hydrogen) atoms. The average Bonchev–Trinajstić information content (AvgIpc) is 2.49. The molecule has 2 unspecified atom stereocenters. The number of unbranched alkanes of at least 4 members (excludes halogenated alkanes) is 2. The lowest BCUT2D eigenvalue weighted by Crippen LogP contribution is -2.35. The van der Waals surface area contributed by atoms with E-state index in [2.05, 4.69) is 99.4 Å². The summed E-state index contributed by atoms with van der Waals surface area (Å²) in [5.74, 6) is 0.177. The van der Waals surface area contributed by atoms with Gasteiger partial charge in [0.25, 0.3) is 0 Å². The lowest BCUT2D eigenvalue weighted by atomic mass is 9.82. The van der Waals surface area contributed by atoms with Crippen LogP contribution in [0.25, 0.3) is 44.3 Å². The number of carbonyl (C=O) groups is 4. The number of fused-ring (bicyclic) bond motifs is 2. The molecule has 4 aromatic carbocycles. The molecule has 2 aliphatic carbocycles. The van der Waals surface area contributed by atoms with Crippen LogP contribution >= 0.6 is 34.8 Å². The highest BCUT2D eigenvalue weighted by Crippen LogP contribution is 2.36. The van der Waals surface area contributed by atoms with Crippen molar-refractivity contribution >= 4 is 80.6 Å². The smallest absolute Gasteiger partial charge is 0.338 e. The first-order chi connectivity index (χ1) is 42.9. The molecule has 2 atom stereocenters. The zero-order valence-corrected chi connectivity index (χ0v) is 52.7. The Morgan fingerprint density at radius 1 is 0.534 bits per heavy atom. The van der Waals surface area contributed by atoms with Crippen LogP contribution in [0.3, 0.4) is 0 Å². The molecule has 2 fully saturated rings. The number of nitrogens with zero attached hydrogens (tertiary/aromatic N) is 4. The van der Waals surface area contributed by atoms with Crippen molar-refractivity contribution in [2.45, 2.75) is 146 Å². The predicted molar refractivity (Wildman–Crippen MR) is 355 cm³/mol. The van der Waals surface area contributed by atoms with Crippen molar-refractivity contribution in [3.63, 3.8) is 0 Å². The van der Waals surface area contributed by atoms with E-state index >= 15 is 0 Å². The molecule has 0 saturated heterocycles. The minimum Gasteiger partial charge on any atom is -0.458 e. The number of hydrogen-bond acceptors (Lipinski definition) is 8. The van der Waals surface area contributed by atoms with Gasteiger partial charge >= 0.3 is 11.9 Å². The van der Waals surface area contributed by atoms with Crippen molar-refractivity contribution < 1.29 is 28.7 Å². The van der Waals surface area contributed by atoms with E-state index in [1.165, 1.54) is 79.0 Å². The largest absolute Gasteiger partial charge is 0.458 e.